The van der Waals surface area contributed by atoms with Crippen LogP contribution in [0.4, 0.5) is 4.79 Å². The molecule has 1 aliphatic rings. The molecule has 2 atom stereocenters. The Labute approximate surface area is 177 Å². The SMILES string of the molecule is CC(C)[C@H](NC(=O)Cc1ccccc1)C(=O)O[C@@H](C)C(=O)NC(=O)NC1CCCC1. The number of esters is 1. The minimum Gasteiger partial charge on any atom is -0.451 e. The van der Waals surface area contributed by atoms with Crippen LogP contribution in [-0.4, -0.2) is 42.0 Å². The number of amides is 4. The predicted molar refractivity (Wildman–Crippen MR) is 111 cm³/mol. The Morgan fingerprint density at radius 2 is 1.67 bits per heavy atom. The lowest BCUT2D eigenvalue weighted by molar-refractivity contribution is -0.158. The van der Waals surface area contributed by atoms with Crippen molar-refractivity contribution in [1.82, 2.24) is 16.0 Å². The molecule has 1 aliphatic carbocycles. The molecule has 3 N–H and O–H groups in total. The number of rotatable bonds is 8. The van der Waals surface area contributed by atoms with Crippen molar-refractivity contribution >= 4 is 23.8 Å². The molecule has 0 aromatic heterocycles. The van der Waals surface area contributed by atoms with E-state index in [0.717, 1.165) is 31.2 Å². The maximum absolute atomic E-state index is 12.5. The first-order valence-corrected chi connectivity index (χ1v) is 10.4. The highest BCUT2D eigenvalue weighted by molar-refractivity contribution is 5.97. The van der Waals surface area contributed by atoms with Gasteiger partial charge in [0.15, 0.2) is 6.10 Å². The highest BCUT2D eigenvalue weighted by Crippen LogP contribution is 2.17. The number of nitrogens with one attached hydrogen (secondary N) is 3. The summed E-state index contributed by atoms with van der Waals surface area (Å²) in [6.45, 7) is 4.93. The summed E-state index contributed by atoms with van der Waals surface area (Å²) >= 11 is 0. The summed E-state index contributed by atoms with van der Waals surface area (Å²) < 4.78 is 5.21. The summed E-state index contributed by atoms with van der Waals surface area (Å²) in [5.41, 5.74) is 0.826. The molecule has 0 radical (unpaired) electrons. The zero-order valence-corrected chi connectivity index (χ0v) is 17.8. The number of ether oxygens (including phenoxy) is 1. The van der Waals surface area contributed by atoms with Gasteiger partial charge in [-0.2, -0.15) is 0 Å². The summed E-state index contributed by atoms with van der Waals surface area (Å²) in [5.74, 6) is -1.98. The van der Waals surface area contributed by atoms with Gasteiger partial charge in [0.2, 0.25) is 5.91 Å². The summed E-state index contributed by atoms with van der Waals surface area (Å²) in [6, 6.07) is 7.75. The first-order valence-electron chi connectivity index (χ1n) is 10.4. The molecule has 1 saturated carbocycles. The van der Waals surface area contributed by atoms with Crippen molar-refractivity contribution in [3.63, 3.8) is 0 Å². The largest absolute Gasteiger partial charge is 0.451 e. The minimum atomic E-state index is -1.17. The van der Waals surface area contributed by atoms with E-state index in [-0.39, 0.29) is 24.3 Å². The van der Waals surface area contributed by atoms with Crippen molar-refractivity contribution in [1.29, 1.82) is 0 Å². The van der Waals surface area contributed by atoms with Crippen molar-refractivity contribution in [3.8, 4) is 0 Å². The van der Waals surface area contributed by atoms with Crippen LogP contribution in [0.15, 0.2) is 30.3 Å². The van der Waals surface area contributed by atoms with Crippen LogP contribution in [0.1, 0.15) is 52.0 Å². The maximum atomic E-state index is 12.5. The summed E-state index contributed by atoms with van der Waals surface area (Å²) in [4.78, 5) is 48.9. The van der Waals surface area contributed by atoms with Crippen LogP contribution in [-0.2, 0) is 25.5 Å². The van der Waals surface area contributed by atoms with E-state index in [2.05, 4.69) is 16.0 Å². The first kappa shape index (κ1) is 23.4. The molecule has 0 unspecified atom stereocenters. The average Bonchev–Trinajstić information content (AvgIpc) is 3.19. The van der Waals surface area contributed by atoms with Gasteiger partial charge >= 0.3 is 12.0 Å². The molecular formula is C22H31N3O5. The molecule has 8 heteroatoms. The fourth-order valence-electron chi connectivity index (χ4n) is 3.31. The lowest BCUT2D eigenvalue weighted by Gasteiger charge is -2.23. The Kier molecular flexibility index (Phi) is 8.83. The van der Waals surface area contributed by atoms with E-state index in [1.165, 1.54) is 6.92 Å². The smallest absolute Gasteiger partial charge is 0.329 e. The van der Waals surface area contributed by atoms with E-state index in [1.807, 2.05) is 30.3 Å². The number of benzene rings is 1. The van der Waals surface area contributed by atoms with E-state index in [9.17, 15) is 19.2 Å². The summed E-state index contributed by atoms with van der Waals surface area (Å²) in [6.07, 6.45) is 2.86. The van der Waals surface area contributed by atoms with Crippen LogP contribution >= 0.6 is 0 Å². The number of urea groups is 1. The first-order chi connectivity index (χ1) is 14.3. The van der Waals surface area contributed by atoms with E-state index in [4.69, 9.17) is 4.74 Å². The molecule has 8 nitrogen and oxygen atoms in total. The van der Waals surface area contributed by atoms with Crippen LogP contribution in [0.5, 0.6) is 0 Å². The summed E-state index contributed by atoms with van der Waals surface area (Å²) in [5, 5.41) is 7.61. The Bertz CT molecular complexity index is 744. The van der Waals surface area contributed by atoms with Gasteiger partial charge < -0.3 is 15.4 Å². The monoisotopic (exact) mass is 417 g/mol. The molecule has 164 valence electrons. The standard InChI is InChI=1S/C22H31N3O5/c1-14(2)19(24-18(26)13-16-9-5-4-6-10-16)21(28)30-15(3)20(27)25-22(29)23-17-11-7-8-12-17/h4-6,9-10,14-15,17,19H,7-8,11-13H2,1-3H3,(H,24,26)(H2,23,25,27,29)/t15-,19-/m0/s1. The van der Waals surface area contributed by atoms with Crippen LogP contribution in [0.2, 0.25) is 0 Å². The molecule has 1 aromatic carbocycles. The van der Waals surface area contributed by atoms with E-state index < -0.39 is 30.1 Å². The molecule has 0 heterocycles. The van der Waals surface area contributed by atoms with Crippen molar-refractivity contribution < 1.29 is 23.9 Å². The third-order valence-electron chi connectivity index (χ3n) is 5.03. The minimum absolute atomic E-state index is 0.0702. The molecule has 0 saturated heterocycles. The Morgan fingerprint density at radius 1 is 1.03 bits per heavy atom. The van der Waals surface area contributed by atoms with Crippen molar-refractivity contribution in [3.05, 3.63) is 35.9 Å². The highest BCUT2D eigenvalue weighted by Gasteiger charge is 2.29. The van der Waals surface area contributed by atoms with Gasteiger partial charge in [0.05, 0.1) is 6.42 Å². The lowest BCUT2D eigenvalue weighted by atomic mass is 10.0. The van der Waals surface area contributed by atoms with Crippen molar-refractivity contribution in [2.75, 3.05) is 0 Å². The van der Waals surface area contributed by atoms with Crippen molar-refractivity contribution in [2.45, 2.75) is 71.1 Å². The highest BCUT2D eigenvalue weighted by atomic mass is 16.5. The molecule has 2 rings (SSSR count). The van der Waals surface area contributed by atoms with Gasteiger partial charge in [0, 0.05) is 6.04 Å². The number of carbonyl (C=O) groups excluding carboxylic acids is 4. The average molecular weight is 418 g/mol. The predicted octanol–water partition coefficient (Wildman–Crippen LogP) is 2.07. The Morgan fingerprint density at radius 3 is 2.27 bits per heavy atom. The van der Waals surface area contributed by atoms with Crippen LogP contribution in [0.3, 0.4) is 0 Å². The van der Waals surface area contributed by atoms with Crippen molar-refractivity contribution in [2.24, 2.45) is 5.92 Å². The van der Waals surface area contributed by atoms with Gasteiger partial charge in [0.1, 0.15) is 6.04 Å². The lowest BCUT2D eigenvalue weighted by Crippen LogP contribution is -2.50. The van der Waals surface area contributed by atoms with Gasteiger partial charge in [-0.25, -0.2) is 9.59 Å². The second kappa shape index (κ2) is 11.3. The fourth-order valence-corrected chi connectivity index (χ4v) is 3.31. The van der Waals surface area contributed by atoms with Gasteiger partial charge in [-0.1, -0.05) is 57.0 Å². The molecule has 0 bridgehead atoms. The zero-order valence-electron chi connectivity index (χ0n) is 17.8. The number of carbonyl (C=O) groups is 4. The van der Waals surface area contributed by atoms with Gasteiger partial charge in [-0.15, -0.1) is 0 Å². The Hall–Kier alpha value is -2.90. The molecule has 1 aromatic rings. The van der Waals surface area contributed by atoms with E-state index in [1.54, 1.807) is 13.8 Å². The molecule has 0 aliphatic heterocycles. The number of imide groups is 1. The van der Waals surface area contributed by atoms with Gasteiger partial charge in [-0.3, -0.25) is 14.9 Å². The second-order valence-electron chi connectivity index (χ2n) is 7.97. The van der Waals surface area contributed by atoms with Gasteiger partial charge in [-0.05, 0) is 31.2 Å². The second-order valence-corrected chi connectivity index (χ2v) is 7.97. The van der Waals surface area contributed by atoms with Crippen LogP contribution in [0, 0.1) is 5.92 Å². The molecule has 0 spiro atoms. The maximum Gasteiger partial charge on any atom is 0.329 e. The summed E-state index contributed by atoms with van der Waals surface area (Å²) in [7, 11) is 0. The van der Waals surface area contributed by atoms with Crippen LogP contribution in [0.25, 0.3) is 0 Å². The topological polar surface area (TPSA) is 114 Å². The molecular weight excluding hydrogens is 386 g/mol. The van der Waals surface area contributed by atoms with Crippen LogP contribution < -0.4 is 16.0 Å². The fraction of sp³-hybridized carbons (Fsp3) is 0.545. The Balaban J connectivity index is 1.84. The number of hydrogen-bond acceptors (Lipinski definition) is 5. The molecule has 1 fully saturated rings. The van der Waals surface area contributed by atoms with E-state index in [0.29, 0.717) is 0 Å². The normalized spacial score (nSPS) is 15.9. The van der Waals surface area contributed by atoms with Gasteiger partial charge in [0.25, 0.3) is 5.91 Å². The third-order valence-corrected chi connectivity index (χ3v) is 5.03. The molecule has 30 heavy (non-hydrogen) atoms. The quantitative estimate of drug-likeness (QED) is 0.561. The zero-order chi connectivity index (χ0) is 22.1. The van der Waals surface area contributed by atoms with E-state index >= 15 is 0 Å². The number of hydrogen-bond donors (Lipinski definition) is 3. The third kappa shape index (κ3) is 7.50. The molecule has 4 amide bonds.